The van der Waals surface area contributed by atoms with E-state index in [1.54, 1.807) is 0 Å². The first-order valence-corrected chi connectivity index (χ1v) is 9.47. The van der Waals surface area contributed by atoms with Crippen LogP contribution >= 0.6 is 12.4 Å². The summed E-state index contributed by atoms with van der Waals surface area (Å²) in [4.78, 5) is 14.8. The quantitative estimate of drug-likeness (QED) is 0.814. The molecule has 2 atom stereocenters. The Balaban J connectivity index is 0.00000225. The minimum Gasteiger partial charge on any atom is -0.353 e. The summed E-state index contributed by atoms with van der Waals surface area (Å²) < 4.78 is 0. The Morgan fingerprint density at radius 3 is 2.68 bits per heavy atom. The summed E-state index contributed by atoms with van der Waals surface area (Å²) in [6, 6.07) is 10.9. The molecule has 4 nitrogen and oxygen atoms in total. The largest absolute Gasteiger partial charge is 0.353 e. The van der Waals surface area contributed by atoms with Crippen molar-refractivity contribution >= 4 is 18.3 Å². The Kier molecular flexibility index (Phi) is 8.20. The first-order chi connectivity index (χ1) is 11.7. The van der Waals surface area contributed by atoms with Crippen LogP contribution in [0.25, 0.3) is 0 Å². The van der Waals surface area contributed by atoms with E-state index >= 15 is 0 Å². The predicted molar refractivity (Wildman–Crippen MR) is 105 cm³/mol. The summed E-state index contributed by atoms with van der Waals surface area (Å²) in [5, 5.41) is 6.63. The number of nitrogens with one attached hydrogen (secondary N) is 2. The predicted octanol–water partition coefficient (Wildman–Crippen LogP) is 2.82. The van der Waals surface area contributed by atoms with Crippen molar-refractivity contribution in [2.24, 2.45) is 11.8 Å². The molecule has 0 aliphatic carbocycles. The number of rotatable bonds is 6. The van der Waals surface area contributed by atoms with E-state index < -0.39 is 0 Å². The molecule has 5 heteroatoms. The zero-order valence-corrected chi connectivity index (χ0v) is 16.1. The van der Waals surface area contributed by atoms with Crippen molar-refractivity contribution in [1.82, 2.24) is 15.5 Å². The molecule has 2 aliphatic heterocycles. The molecule has 0 radical (unpaired) electrons. The van der Waals surface area contributed by atoms with Crippen LogP contribution in [-0.2, 0) is 11.3 Å². The molecule has 3 rings (SSSR count). The fourth-order valence-corrected chi connectivity index (χ4v) is 4.03. The van der Waals surface area contributed by atoms with Crippen LogP contribution < -0.4 is 10.6 Å². The maximum atomic E-state index is 12.3. The molecule has 0 bridgehead atoms. The molecule has 25 heavy (non-hydrogen) atoms. The number of benzene rings is 1. The molecule has 0 spiro atoms. The monoisotopic (exact) mass is 365 g/mol. The lowest BCUT2D eigenvalue weighted by molar-refractivity contribution is -0.123. The molecule has 2 aliphatic rings. The van der Waals surface area contributed by atoms with E-state index in [1.807, 2.05) is 0 Å². The summed E-state index contributed by atoms with van der Waals surface area (Å²) in [5.74, 6) is 1.39. The van der Waals surface area contributed by atoms with Gasteiger partial charge < -0.3 is 10.6 Å². The number of nitrogens with zero attached hydrogens (tertiary/aromatic N) is 1. The van der Waals surface area contributed by atoms with Crippen LogP contribution in [0.15, 0.2) is 30.3 Å². The van der Waals surface area contributed by atoms with Gasteiger partial charge in [0, 0.05) is 25.6 Å². The lowest BCUT2D eigenvalue weighted by atomic mass is 9.93. The molecule has 2 unspecified atom stereocenters. The number of carbonyl (C=O) groups excluding carboxylic acids is 1. The first kappa shape index (κ1) is 20.2. The average Bonchev–Trinajstić information content (AvgIpc) is 3.05. The van der Waals surface area contributed by atoms with Gasteiger partial charge in [0.1, 0.15) is 0 Å². The highest BCUT2D eigenvalue weighted by molar-refractivity contribution is 5.85. The number of piperidine rings is 1. The van der Waals surface area contributed by atoms with Gasteiger partial charge in [-0.25, -0.2) is 0 Å². The number of hydrogen-bond acceptors (Lipinski definition) is 3. The van der Waals surface area contributed by atoms with E-state index in [2.05, 4.69) is 52.8 Å². The summed E-state index contributed by atoms with van der Waals surface area (Å²) in [5.41, 5.74) is 1.38. The van der Waals surface area contributed by atoms with E-state index in [4.69, 9.17) is 0 Å². The van der Waals surface area contributed by atoms with E-state index in [1.165, 1.54) is 12.0 Å². The van der Waals surface area contributed by atoms with Crippen molar-refractivity contribution in [1.29, 1.82) is 0 Å². The van der Waals surface area contributed by atoms with Gasteiger partial charge in [-0.15, -0.1) is 12.4 Å². The van der Waals surface area contributed by atoms with Gasteiger partial charge in [-0.2, -0.15) is 0 Å². The molecule has 0 aromatic heterocycles. The van der Waals surface area contributed by atoms with Crippen LogP contribution in [0.3, 0.4) is 0 Å². The Hall–Kier alpha value is -1.10. The minimum atomic E-state index is 0. The molecule has 1 aromatic rings. The first-order valence-electron chi connectivity index (χ1n) is 9.47. The molecule has 140 valence electrons. The zero-order chi connectivity index (χ0) is 16.8. The van der Waals surface area contributed by atoms with Crippen LogP contribution in [0, 0.1) is 11.8 Å². The Morgan fingerprint density at radius 2 is 1.96 bits per heavy atom. The zero-order valence-electron chi connectivity index (χ0n) is 15.2. The van der Waals surface area contributed by atoms with Gasteiger partial charge in [-0.1, -0.05) is 30.3 Å². The van der Waals surface area contributed by atoms with Crippen molar-refractivity contribution in [3.05, 3.63) is 35.9 Å². The SMILES string of the molecule is CC(NC(=O)CC1CCNCC1)C1CCN(Cc2ccccc2)C1.Cl. The van der Waals surface area contributed by atoms with Gasteiger partial charge in [0.15, 0.2) is 0 Å². The smallest absolute Gasteiger partial charge is 0.220 e. The molecule has 0 saturated carbocycles. The minimum absolute atomic E-state index is 0. The molecule has 2 N–H and O–H groups in total. The Bertz CT molecular complexity index is 519. The van der Waals surface area contributed by atoms with Gasteiger partial charge in [0.05, 0.1) is 0 Å². The van der Waals surface area contributed by atoms with Crippen LogP contribution in [0.4, 0.5) is 0 Å². The van der Waals surface area contributed by atoms with Crippen molar-refractivity contribution < 1.29 is 4.79 Å². The van der Waals surface area contributed by atoms with Crippen LogP contribution in [0.1, 0.15) is 38.2 Å². The standard InChI is InChI=1S/C20H31N3O.ClH/c1-16(22-20(24)13-17-7-10-21-11-8-17)19-9-12-23(15-19)14-18-5-3-2-4-6-18;/h2-6,16-17,19,21H,7-15H2,1H3,(H,22,24);1H. The second kappa shape index (κ2) is 10.1. The summed E-state index contributed by atoms with van der Waals surface area (Å²) in [6.07, 6.45) is 4.15. The molecule has 1 aromatic carbocycles. The lowest BCUT2D eigenvalue weighted by Crippen LogP contribution is -2.40. The maximum Gasteiger partial charge on any atom is 0.220 e. The normalized spacial score (nSPS) is 23.0. The molecule has 1 amide bonds. The fourth-order valence-electron chi connectivity index (χ4n) is 4.03. The third-order valence-corrected chi connectivity index (χ3v) is 5.59. The number of halogens is 1. The molecular weight excluding hydrogens is 334 g/mol. The van der Waals surface area contributed by atoms with Crippen molar-refractivity contribution in [3.8, 4) is 0 Å². The van der Waals surface area contributed by atoms with E-state index in [9.17, 15) is 4.79 Å². The van der Waals surface area contributed by atoms with Crippen molar-refractivity contribution in [2.75, 3.05) is 26.2 Å². The second-order valence-electron chi connectivity index (χ2n) is 7.52. The molecule has 2 saturated heterocycles. The number of carbonyl (C=O) groups is 1. The lowest BCUT2D eigenvalue weighted by Gasteiger charge is -2.25. The van der Waals surface area contributed by atoms with Gasteiger partial charge in [0.25, 0.3) is 0 Å². The van der Waals surface area contributed by atoms with E-state index in [0.29, 0.717) is 18.3 Å². The Labute approximate surface area is 158 Å². The van der Waals surface area contributed by atoms with Crippen molar-refractivity contribution in [2.45, 2.75) is 45.2 Å². The molecule has 2 fully saturated rings. The van der Waals surface area contributed by atoms with E-state index in [-0.39, 0.29) is 24.4 Å². The third-order valence-electron chi connectivity index (χ3n) is 5.59. The topological polar surface area (TPSA) is 44.4 Å². The summed E-state index contributed by atoms with van der Waals surface area (Å²) >= 11 is 0. The van der Waals surface area contributed by atoms with Gasteiger partial charge in [0.2, 0.25) is 5.91 Å². The van der Waals surface area contributed by atoms with Gasteiger partial charge in [-0.3, -0.25) is 9.69 Å². The number of hydrogen-bond donors (Lipinski definition) is 2. The second-order valence-corrected chi connectivity index (χ2v) is 7.52. The highest BCUT2D eigenvalue weighted by Gasteiger charge is 2.28. The van der Waals surface area contributed by atoms with Crippen LogP contribution in [0.2, 0.25) is 0 Å². The highest BCUT2D eigenvalue weighted by Crippen LogP contribution is 2.22. The average molecular weight is 366 g/mol. The van der Waals surface area contributed by atoms with Gasteiger partial charge in [-0.05, 0) is 63.2 Å². The highest BCUT2D eigenvalue weighted by atomic mass is 35.5. The van der Waals surface area contributed by atoms with Crippen molar-refractivity contribution in [3.63, 3.8) is 0 Å². The molecular formula is C20H32ClN3O. The maximum absolute atomic E-state index is 12.3. The van der Waals surface area contributed by atoms with Crippen LogP contribution in [0.5, 0.6) is 0 Å². The number of likely N-dealkylation sites (tertiary alicyclic amines) is 1. The van der Waals surface area contributed by atoms with Crippen LogP contribution in [-0.4, -0.2) is 43.0 Å². The summed E-state index contributed by atoms with van der Waals surface area (Å²) in [7, 11) is 0. The molecule has 2 heterocycles. The fraction of sp³-hybridized carbons (Fsp3) is 0.650. The van der Waals surface area contributed by atoms with Gasteiger partial charge >= 0.3 is 0 Å². The third kappa shape index (κ3) is 6.28. The van der Waals surface area contributed by atoms with E-state index in [0.717, 1.165) is 45.6 Å². The Morgan fingerprint density at radius 1 is 1.24 bits per heavy atom. The summed E-state index contributed by atoms with van der Waals surface area (Å²) in [6.45, 7) is 7.54. The number of amides is 1.